The monoisotopic (exact) mass is 246 g/mol. The molecule has 4 heteroatoms. The van der Waals surface area contributed by atoms with E-state index >= 15 is 0 Å². The molecule has 1 aromatic carbocycles. The van der Waals surface area contributed by atoms with Gasteiger partial charge in [0, 0.05) is 17.6 Å². The Kier molecular flexibility index (Phi) is 4.25. The molecule has 0 saturated heterocycles. The number of hydrogen-bond donors (Lipinski definition) is 3. The lowest BCUT2D eigenvalue weighted by molar-refractivity contribution is 0.170. The molecule has 0 unspecified atom stereocenters. The molecule has 0 aliphatic heterocycles. The Balaban J connectivity index is 2.26. The Morgan fingerprint density at radius 3 is 2.67 bits per heavy atom. The Morgan fingerprint density at radius 1 is 1.22 bits per heavy atom. The fourth-order valence-corrected chi connectivity index (χ4v) is 1.98. The van der Waals surface area contributed by atoms with Crippen LogP contribution in [0.25, 0.3) is 10.9 Å². The number of hydrogen-bond acceptors (Lipinski definition) is 4. The molecule has 96 valence electrons. The summed E-state index contributed by atoms with van der Waals surface area (Å²) >= 11 is 0. The first kappa shape index (κ1) is 13.0. The van der Waals surface area contributed by atoms with Gasteiger partial charge in [0.05, 0.1) is 24.8 Å². The Labute approximate surface area is 106 Å². The van der Waals surface area contributed by atoms with Crippen molar-refractivity contribution < 1.29 is 10.2 Å². The summed E-state index contributed by atoms with van der Waals surface area (Å²) in [6.45, 7) is 2.43. The number of benzene rings is 1. The van der Waals surface area contributed by atoms with E-state index in [9.17, 15) is 0 Å². The number of aliphatic hydroxyl groups excluding tert-OH is 2. The van der Waals surface area contributed by atoms with E-state index in [0.717, 1.165) is 22.2 Å². The fourth-order valence-electron chi connectivity index (χ4n) is 1.98. The van der Waals surface area contributed by atoms with Gasteiger partial charge in [-0.1, -0.05) is 18.2 Å². The normalized spacial score (nSPS) is 11.3. The van der Waals surface area contributed by atoms with Gasteiger partial charge in [-0.3, -0.25) is 4.98 Å². The van der Waals surface area contributed by atoms with Gasteiger partial charge in [-0.2, -0.15) is 0 Å². The molecule has 1 heterocycles. The lowest BCUT2D eigenvalue weighted by atomic mass is 10.1. The number of pyridine rings is 1. The maximum Gasteiger partial charge on any atom is 0.0708 e. The van der Waals surface area contributed by atoms with Gasteiger partial charge < -0.3 is 15.5 Å². The quantitative estimate of drug-likeness (QED) is 0.736. The van der Waals surface area contributed by atoms with Crippen LogP contribution in [0.5, 0.6) is 0 Å². The summed E-state index contributed by atoms with van der Waals surface area (Å²) in [6, 6.07) is 9.72. The van der Waals surface area contributed by atoms with Crippen molar-refractivity contribution in [3.63, 3.8) is 0 Å². The lowest BCUT2D eigenvalue weighted by Crippen LogP contribution is -2.35. The molecule has 1 aromatic heterocycles. The molecule has 4 nitrogen and oxygen atoms in total. The van der Waals surface area contributed by atoms with E-state index in [-0.39, 0.29) is 19.3 Å². The van der Waals surface area contributed by atoms with E-state index in [4.69, 9.17) is 10.2 Å². The molecular formula is C14H18N2O2. The number of aryl methyl sites for hydroxylation is 1. The smallest absolute Gasteiger partial charge is 0.0708 e. The van der Waals surface area contributed by atoms with Crippen LogP contribution in [-0.4, -0.2) is 34.5 Å². The first-order chi connectivity index (χ1) is 8.74. The van der Waals surface area contributed by atoms with E-state index in [1.807, 2.05) is 37.3 Å². The molecule has 0 radical (unpaired) electrons. The number of aliphatic hydroxyl groups is 2. The topological polar surface area (TPSA) is 65.4 Å². The molecule has 0 spiro atoms. The first-order valence-electron chi connectivity index (χ1n) is 6.05. The van der Waals surface area contributed by atoms with E-state index in [0.29, 0.717) is 6.54 Å². The second kappa shape index (κ2) is 5.91. The van der Waals surface area contributed by atoms with Gasteiger partial charge in [-0.05, 0) is 24.6 Å². The van der Waals surface area contributed by atoms with Crippen LogP contribution < -0.4 is 5.32 Å². The van der Waals surface area contributed by atoms with Crippen LogP contribution in [0.4, 0.5) is 0 Å². The van der Waals surface area contributed by atoms with Crippen LogP contribution in [-0.2, 0) is 6.54 Å². The Morgan fingerprint density at radius 2 is 1.94 bits per heavy atom. The van der Waals surface area contributed by atoms with Crippen molar-refractivity contribution in [3.05, 3.63) is 41.6 Å². The van der Waals surface area contributed by atoms with Gasteiger partial charge in [-0.25, -0.2) is 0 Å². The molecule has 2 rings (SSSR count). The van der Waals surface area contributed by atoms with Gasteiger partial charge in [0.25, 0.3) is 0 Å². The Bertz CT molecular complexity index is 524. The molecule has 0 amide bonds. The number of nitrogens with one attached hydrogen (secondary N) is 1. The maximum atomic E-state index is 9.04. The number of fused-ring (bicyclic) bond motifs is 1. The second-order valence-electron chi connectivity index (χ2n) is 4.38. The number of rotatable bonds is 5. The largest absolute Gasteiger partial charge is 0.395 e. The van der Waals surface area contributed by atoms with Crippen LogP contribution in [0.2, 0.25) is 0 Å². The molecule has 0 atom stereocenters. The fraction of sp³-hybridized carbons (Fsp3) is 0.357. The molecule has 18 heavy (non-hydrogen) atoms. The molecule has 0 saturated carbocycles. The summed E-state index contributed by atoms with van der Waals surface area (Å²) < 4.78 is 0. The van der Waals surface area contributed by atoms with E-state index in [1.165, 1.54) is 0 Å². The molecule has 3 N–H and O–H groups in total. The van der Waals surface area contributed by atoms with Gasteiger partial charge in [0.2, 0.25) is 0 Å². The van der Waals surface area contributed by atoms with Crippen LogP contribution in [0.1, 0.15) is 11.3 Å². The molecular weight excluding hydrogens is 228 g/mol. The van der Waals surface area contributed by atoms with Crippen molar-refractivity contribution in [3.8, 4) is 0 Å². The molecule has 0 bridgehead atoms. The number of nitrogens with zero attached hydrogens (tertiary/aromatic N) is 1. The van der Waals surface area contributed by atoms with Crippen molar-refractivity contribution in [1.29, 1.82) is 0 Å². The molecule has 0 aliphatic carbocycles. The van der Waals surface area contributed by atoms with E-state index in [2.05, 4.69) is 10.3 Å². The van der Waals surface area contributed by atoms with Crippen molar-refractivity contribution in [2.45, 2.75) is 19.5 Å². The minimum Gasteiger partial charge on any atom is -0.395 e. The van der Waals surface area contributed by atoms with E-state index < -0.39 is 0 Å². The molecule has 0 aliphatic rings. The summed E-state index contributed by atoms with van der Waals surface area (Å²) in [6.07, 6.45) is 0. The summed E-state index contributed by atoms with van der Waals surface area (Å²) in [7, 11) is 0. The van der Waals surface area contributed by atoms with Crippen molar-refractivity contribution >= 4 is 10.9 Å². The highest BCUT2D eigenvalue weighted by Gasteiger charge is 2.07. The minimum absolute atomic E-state index is 0.0709. The summed E-state index contributed by atoms with van der Waals surface area (Å²) in [5.41, 5.74) is 3.07. The maximum absolute atomic E-state index is 9.04. The van der Waals surface area contributed by atoms with Crippen LogP contribution in [0, 0.1) is 6.92 Å². The third kappa shape index (κ3) is 2.85. The summed E-state index contributed by atoms with van der Waals surface area (Å²) in [4.78, 5) is 4.48. The van der Waals surface area contributed by atoms with Crippen molar-refractivity contribution in [1.82, 2.24) is 10.3 Å². The third-order valence-electron chi connectivity index (χ3n) is 2.95. The van der Waals surface area contributed by atoms with Crippen molar-refractivity contribution in [2.75, 3.05) is 13.2 Å². The highest BCUT2D eigenvalue weighted by Crippen LogP contribution is 2.18. The highest BCUT2D eigenvalue weighted by atomic mass is 16.3. The number of aromatic nitrogens is 1. The van der Waals surface area contributed by atoms with Gasteiger partial charge >= 0.3 is 0 Å². The average Bonchev–Trinajstić information content (AvgIpc) is 2.39. The van der Waals surface area contributed by atoms with Crippen LogP contribution >= 0.6 is 0 Å². The standard InChI is InChI=1S/C14H18N2O2/c1-10-6-11(7-15-12(8-17)9-18)13-4-2-3-5-14(13)16-10/h2-6,12,15,17-18H,7-9H2,1H3. The predicted octanol–water partition coefficient (Wildman–Crippen LogP) is 0.986. The van der Waals surface area contributed by atoms with Crippen LogP contribution in [0.15, 0.2) is 30.3 Å². The summed E-state index contributed by atoms with van der Waals surface area (Å²) in [5, 5.41) is 22.3. The zero-order chi connectivity index (χ0) is 13.0. The zero-order valence-corrected chi connectivity index (χ0v) is 10.4. The first-order valence-corrected chi connectivity index (χ1v) is 6.05. The van der Waals surface area contributed by atoms with Gasteiger partial charge in [-0.15, -0.1) is 0 Å². The van der Waals surface area contributed by atoms with Crippen molar-refractivity contribution in [2.24, 2.45) is 0 Å². The average molecular weight is 246 g/mol. The molecule has 2 aromatic rings. The zero-order valence-electron chi connectivity index (χ0n) is 10.4. The lowest BCUT2D eigenvalue weighted by Gasteiger charge is -2.14. The highest BCUT2D eigenvalue weighted by molar-refractivity contribution is 5.82. The number of para-hydroxylation sites is 1. The predicted molar refractivity (Wildman–Crippen MR) is 71.3 cm³/mol. The van der Waals surface area contributed by atoms with Crippen LogP contribution in [0.3, 0.4) is 0 Å². The SMILES string of the molecule is Cc1cc(CNC(CO)CO)c2ccccc2n1. The summed E-state index contributed by atoms with van der Waals surface area (Å²) in [5.74, 6) is 0. The molecule has 0 fully saturated rings. The van der Waals surface area contributed by atoms with Gasteiger partial charge in [0.1, 0.15) is 0 Å². The van der Waals surface area contributed by atoms with E-state index in [1.54, 1.807) is 0 Å². The minimum atomic E-state index is -0.280. The Hall–Kier alpha value is -1.49. The second-order valence-corrected chi connectivity index (χ2v) is 4.38. The van der Waals surface area contributed by atoms with Gasteiger partial charge in [0.15, 0.2) is 0 Å². The third-order valence-corrected chi connectivity index (χ3v) is 2.95.